The van der Waals surface area contributed by atoms with E-state index in [2.05, 4.69) is 52.0 Å². The van der Waals surface area contributed by atoms with E-state index in [1.807, 2.05) is 4.90 Å². The van der Waals surface area contributed by atoms with E-state index in [1.54, 1.807) is 0 Å². The minimum absolute atomic E-state index is 0.165. The van der Waals surface area contributed by atoms with E-state index < -0.39 is 5.60 Å². The normalized spacial score (nSPS) is 18.0. The molecule has 128 valence electrons. The molecule has 1 fully saturated rings. The fourth-order valence-corrected chi connectivity index (χ4v) is 3.48. The molecule has 1 aromatic rings. The number of aliphatic hydroxyl groups is 1. The van der Waals surface area contributed by atoms with E-state index in [0.717, 1.165) is 12.8 Å². The van der Waals surface area contributed by atoms with Crippen molar-refractivity contribution in [1.29, 1.82) is 0 Å². The van der Waals surface area contributed by atoms with Crippen molar-refractivity contribution in [3.8, 4) is 0 Å². The molecule has 0 unspecified atom stereocenters. The highest BCUT2D eigenvalue weighted by Crippen LogP contribution is 2.31. The van der Waals surface area contributed by atoms with Gasteiger partial charge in [0.15, 0.2) is 0 Å². The highest BCUT2D eigenvalue weighted by molar-refractivity contribution is 5.78. The van der Waals surface area contributed by atoms with Crippen LogP contribution < -0.4 is 0 Å². The van der Waals surface area contributed by atoms with Crippen LogP contribution in [0.5, 0.6) is 0 Å². The largest absolute Gasteiger partial charge is 0.390 e. The van der Waals surface area contributed by atoms with E-state index in [4.69, 9.17) is 0 Å². The number of nitrogens with zero attached hydrogens (tertiary/aromatic N) is 1. The van der Waals surface area contributed by atoms with E-state index in [9.17, 15) is 9.90 Å². The number of benzene rings is 1. The van der Waals surface area contributed by atoms with Crippen molar-refractivity contribution in [3.05, 3.63) is 35.4 Å². The Morgan fingerprint density at radius 2 is 1.78 bits per heavy atom. The molecule has 0 aliphatic carbocycles. The van der Waals surface area contributed by atoms with Gasteiger partial charge >= 0.3 is 0 Å². The maximum absolute atomic E-state index is 12.7. The number of hydrogen-bond donors (Lipinski definition) is 1. The van der Waals surface area contributed by atoms with Gasteiger partial charge in [-0.2, -0.15) is 0 Å². The molecule has 3 nitrogen and oxygen atoms in total. The number of aryl methyl sites for hydroxylation is 1. The van der Waals surface area contributed by atoms with Crippen LogP contribution in [0.15, 0.2) is 24.3 Å². The second-order valence-electron chi connectivity index (χ2n) is 7.78. The van der Waals surface area contributed by atoms with Gasteiger partial charge in [0.2, 0.25) is 5.91 Å². The SMILES string of the molecule is CCCC1(O)CCN(C(=O)CC(C)(C)c2ccc(C)cc2)CC1. The lowest BCUT2D eigenvalue weighted by Gasteiger charge is -2.39. The molecule has 2 rings (SSSR count). The quantitative estimate of drug-likeness (QED) is 0.897. The molecule has 1 heterocycles. The van der Waals surface area contributed by atoms with Crippen LogP contribution in [0.3, 0.4) is 0 Å². The average molecular weight is 317 g/mol. The summed E-state index contributed by atoms with van der Waals surface area (Å²) in [6.45, 7) is 9.80. The summed E-state index contributed by atoms with van der Waals surface area (Å²) in [5.41, 5.74) is 1.72. The highest BCUT2D eigenvalue weighted by Gasteiger charge is 2.34. The Labute approximate surface area is 140 Å². The zero-order valence-corrected chi connectivity index (χ0v) is 15.1. The molecule has 1 aromatic carbocycles. The molecule has 0 radical (unpaired) electrons. The Hall–Kier alpha value is -1.35. The van der Waals surface area contributed by atoms with Gasteiger partial charge in [0.1, 0.15) is 0 Å². The van der Waals surface area contributed by atoms with Crippen molar-refractivity contribution in [2.75, 3.05) is 13.1 Å². The zero-order chi connectivity index (χ0) is 17.1. The van der Waals surface area contributed by atoms with Crippen LogP contribution in [0.2, 0.25) is 0 Å². The van der Waals surface area contributed by atoms with Gasteiger partial charge in [-0.05, 0) is 37.2 Å². The van der Waals surface area contributed by atoms with E-state index in [1.165, 1.54) is 11.1 Å². The fourth-order valence-electron chi connectivity index (χ4n) is 3.48. The number of likely N-dealkylation sites (tertiary alicyclic amines) is 1. The average Bonchev–Trinajstić information content (AvgIpc) is 2.48. The van der Waals surface area contributed by atoms with Crippen molar-refractivity contribution >= 4 is 5.91 Å². The first-order valence-corrected chi connectivity index (χ1v) is 8.83. The van der Waals surface area contributed by atoms with E-state index in [0.29, 0.717) is 32.4 Å². The first kappa shape index (κ1) is 18.0. The Morgan fingerprint density at radius 3 is 2.30 bits per heavy atom. The summed E-state index contributed by atoms with van der Waals surface area (Å²) in [5.74, 6) is 0.203. The Balaban J connectivity index is 1.95. The molecule has 0 aromatic heterocycles. The standard InChI is InChI=1S/C20H31NO2/c1-5-10-20(23)11-13-21(14-12-20)18(22)15-19(3,4)17-8-6-16(2)7-9-17/h6-9,23H,5,10-15H2,1-4H3. The summed E-state index contributed by atoms with van der Waals surface area (Å²) < 4.78 is 0. The van der Waals surface area contributed by atoms with Gasteiger partial charge in [0.25, 0.3) is 0 Å². The molecule has 0 saturated carbocycles. The Bertz CT molecular complexity index is 525. The van der Waals surface area contributed by atoms with Crippen LogP contribution >= 0.6 is 0 Å². The Kier molecular flexibility index (Phi) is 5.51. The maximum Gasteiger partial charge on any atom is 0.223 e. The topological polar surface area (TPSA) is 40.5 Å². The van der Waals surface area contributed by atoms with Crippen molar-refractivity contribution < 1.29 is 9.90 Å². The lowest BCUT2D eigenvalue weighted by atomic mass is 9.80. The molecule has 23 heavy (non-hydrogen) atoms. The van der Waals surface area contributed by atoms with Crippen molar-refractivity contribution in [1.82, 2.24) is 4.90 Å². The molecule has 0 atom stereocenters. The second kappa shape index (κ2) is 7.04. The molecule has 1 N–H and O–H groups in total. The van der Waals surface area contributed by atoms with E-state index in [-0.39, 0.29) is 11.3 Å². The first-order valence-electron chi connectivity index (χ1n) is 8.83. The third kappa shape index (κ3) is 4.57. The molecule has 0 bridgehead atoms. The number of carbonyl (C=O) groups is 1. The molecule has 1 aliphatic heterocycles. The van der Waals surface area contributed by atoms with Crippen LogP contribution in [0, 0.1) is 6.92 Å². The van der Waals surface area contributed by atoms with Gasteiger partial charge < -0.3 is 10.0 Å². The minimum atomic E-state index is -0.558. The maximum atomic E-state index is 12.7. The van der Waals surface area contributed by atoms with Gasteiger partial charge in [-0.3, -0.25) is 4.79 Å². The molecule has 1 saturated heterocycles. The number of rotatable bonds is 5. The summed E-state index contributed by atoms with van der Waals surface area (Å²) in [6, 6.07) is 8.46. The van der Waals surface area contributed by atoms with Gasteiger partial charge in [-0.15, -0.1) is 0 Å². The molecule has 1 amide bonds. The van der Waals surface area contributed by atoms with Gasteiger partial charge in [0, 0.05) is 19.5 Å². The third-order valence-corrected chi connectivity index (χ3v) is 5.19. The van der Waals surface area contributed by atoms with Crippen LogP contribution in [0.1, 0.15) is 64.0 Å². The Morgan fingerprint density at radius 1 is 1.22 bits per heavy atom. The van der Waals surface area contributed by atoms with Crippen molar-refractivity contribution in [2.24, 2.45) is 0 Å². The van der Waals surface area contributed by atoms with E-state index >= 15 is 0 Å². The van der Waals surface area contributed by atoms with Crippen LogP contribution in [-0.2, 0) is 10.2 Å². The lowest BCUT2D eigenvalue weighted by molar-refractivity contribution is -0.136. The molecule has 1 aliphatic rings. The molecule has 3 heteroatoms. The highest BCUT2D eigenvalue weighted by atomic mass is 16.3. The molecule has 0 spiro atoms. The molecular weight excluding hydrogens is 286 g/mol. The summed E-state index contributed by atoms with van der Waals surface area (Å²) in [6.07, 6.45) is 3.76. The van der Waals surface area contributed by atoms with Crippen molar-refractivity contribution in [2.45, 2.75) is 70.8 Å². The van der Waals surface area contributed by atoms with Gasteiger partial charge in [-0.25, -0.2) is 0 Å². The summed E-state index contributed by atoms with van der Waals surface area (Å²) in [7, 11) is 0. The van der Waals surface area contributed by atoms with Crippen LogP contribution in [0.4, 0.5) is 0 Å². The van der Waals surface area contributed by atoms with Crippen LogP contribution in [0.25, 0.3) is 0 Å². The van der Waals surface area contributed by atoms with Crippen molar-refractivity contribution in [3.63, 3.8) is 0 Å². The minimum Gasteiger partial charge on any atom is -0.390 e. The van der Waals surface area contributed by atoms with Gasteiger partial charge in [0.05, 0.1) is 5.60 Å². The molecular formula is C20H31NO2. The predicted molar refractivity (Wildman–Crippen MR) is 94.5 cm³/mol. The van der Waals surface area contributed by atoms with Gasteiger partial charge in [-0.1, -0.05) is 57.0 Å². The zero-order valence-electron chi connectivity index (χ0n) is 15.1. The number of piperidine rings is 1. The monoisotopic (exact) mass is 317 g/mol. The lowest BCUT2D eigenvalue weighted by Crippen LogP contribution is -2.47. The smallest absolute Gasteiger partial charge is 0.223 e. The first-order chi connectivity index (χ1) is 10.8. The summed E-state index contributed by atoms with van der Waals surface area (Å²) >= 11 is 0. The summed E-state index contributed by atoms with van der Waals surface area (Å²) in [4.78, 5) is 14.6. The third-order valence-electron chi connectivity index (χ3n) is 5.19. The number of hydrogen-bond acceptors (Lipinski definition) is 2. The number of carbonyl (C=O) groups excluding carboxylic acids is 1. The number of amides is 1. The predicted octanol–water partition coefficient (Wildman–Crippen LogP) is 3.82. The summed E-state index contributed by atoms with van der Waals surface area (Å²) in [5, 5.41) is 10.5. The second-order valence-corrected chi connectivity index (χ2v) is 7.78. The van der Waals surface area contributed by atoms with Crippen LogP contribution in [-0.4, -0.2) is 34.6 Å². The fraction of sp³-hybridized carbons (Fsp3) is 0.650.